The van der Waals surface area contributed by atoms with Crippen LogP contribution in [0.4, 0.5) is 4.79 Å². The number of nitrogens with one attached hydrogen (secondary N) is 1. The highest BCUT2D eigenvalue weighted by atomic mass is 32.2. The second kappa shape index (κ2) is 11.4. The molecule has 1 unspecified atom stereocenters. The minimum absolute atomic E-state index is 0.0722. The summed E-state index contributed by atoms with van der Waals surface area (Å²) in [7, 11) is -0.834. The molecule has 1 saturated heterocycles. The van der Waals surface area contributed by atoms with Gasteiger partial charge in [0.1, 0.15) is 16.4 Å². The van der Waals surface area contributed by atoms with E-state index < -0.39 is 10.0 Å². The van der Waals surface area contributed by atoms with Crippen LogP contribution < -0.4 is 14.8 Å². The number of nitrogens with zero attached hydrogens (tertiary/aromatic N) is 2. The monoisotopic (exact) mass is 441 g/mol. The molecule has 8 nitrogen and oxygen atoms in total. The fourth-order valence-corrected chi connectivity index (χ4v) is 5.10. The average molecular weight is 442 g/mol. The predicted molar refractivity (Wildman–Crippen MR) is 117 cm³/mol. The minimum atomic E-state index is -3.76. The van der Waals surface area contributed by atoms with Gasteiger partial charge in [-0.3, -0.25) is 0 Å². The first-order valence-corrected chi connectivity index (χ1v) is 12.0. The number of carbonyl (C=O) groups is 1. The molecule has 1 fully saturated rings. The van der Waals surface area contributed by atoms with Crippen molar-refractivity contribution in [1.29, 1.82) is 0 Å². The topological polar surface area (TPSA) is 88.2 Å². The number of piperazine rings is 1. The Kier molecular flexibility index (Phi) is 9.23. The Morgan fingerprint density at radius 1 is 1.10 bits per heavy atom. The van der Waals surface area contributed by atoms with E-state index >= 15 is 0 Å². The van der Waals surface area contributed by atoms with Crippen molar-refractivity contribution < 1.29 is 22.7 Å². The molecule has 1 heterocycles. The lowest BCUT2D eigenvalue weighted by atomic mass is 10.1. The minimum Gasteiger partial charge on any atom is -0.497 e. The van der Waals surface area contributed by atoms with Gasteiger partial charge in [-0.15, -0.1) is 0 Å². The number of methoxy groups -OCH3 is 2. The van der Waals surface area contributed by atoms with Gasteiger partial charge in [0.25, 0.3) is 0 Å². The first-order chi connectivity index (χ1) is 14.3. The summed E-state index contributed by atoms with van der Waals surface area (Å²) in [5.41, 5.74) is 0. The fourth-order valence-electron chi connectivity index (χ4n) is 3.51. The summed E-state index contributed by atoms with van der Waals surface area (Å²) in [6.45, 7) is 5.36. The Morgan fingerprint density at radius 2 is 1.80 bits per heavy atom. The molecule has 9 heteroatoms. The molecule has 0 aliphatic carbocycles. The number of hydrogen-bond acceptors (Lipinski definition) is 5. The fraction of sp³-hybridized carbons (Fsp3) is 0.667. The number of carbonyl (C=O) groups excluding carboxylic acids is 1. The average Bonchev–Trinajstić information content (AvgIpc) is 2.76. The zero-order chi connectivity index (χ0) is 22.1. The molecule has 2 amide bonds. The van der Waals surface area contributed by atoms with Gasteiger partial charge in [-0.05, 0) is 25.5 Å². The smallest absolute Gasteiger partial charge is 0.317 e. The molecule has 1 aliphatic rings. The SMILES string of the molecule is CCCCCCC(C)NC(=O)N1CCN(S(=O)(=O)c2cc(OC)ccc2OC)CC1. The van der Waals surface area contributed by atoms with E-state index in [1.807, 2.05) is 6.92 Å². The molecule has 170 valence electrons. The summed E-state index contributed by atoms with van der Waals surface area (Å²) in [4.78, 5) is 14.3. The molecule has 0 radical (unpaired) electrons. The highest BCUT2D eigenvalue weighted by molar-refractivity contribution is 7.89. The molecule has 1 atom stereocenters. The number of rotatable bonds is 10. The van der Waals surface area contributed by atoms with Gasteiger partial charge in [0, 0.05) is 38.3 Å². The number of amides is 2. The van der Waals surface area contributed by atoms with E-state index in [4.69, 9.17) is 9.47 Å². The van der Waals surface area contributed by atoms with Crippen LogP contribution in [0.5, 0.6) is 11.5 Å². The summed E-state index contributed by atoms with van der Waals surface area (Å²) in [5.74, 6) is 0.716. The van der Waals surface area contributed by atoms with E-state index in [9.17, 15) is 13.2 Å². The van der Waals surface area contributed by atoms with Crippen molar-refractivity contribution in [3.63, 3.8) is 0 Å². The van der Waals surface area contributed by atoms with Crippen LogP contribution >= 0.6 is 0 Å². The molecule has 2 rings (SSSR count). The molecule has 0 spiro atoms. The van der Waals surface area contributed by atoms with Gasteiger partial charge in [-0.25, -0.2) is 13.2 Å². The van der Waals surface area contributed by atoms with Crippen LogP contribution in [0.15, 0.2) is 23.1 Å². The van der Waals surface area contributed by atoms with Crippen LogP contribution in [0.25, 0.3) is 0 Å². The molecule has 1 aromatic carbocycles. The van der Waals surface area contributed by atoms with E-state index in [-0.39, 0.29) is 35.8 Å². The maximum Gasteiger partial charge on any atom is 0.317 e. The predicted octanol–water partition coefficient (Wildman–Crippen LogP) is 3.08. The van der Waals surface area contributed by atoms with Crippen molar-refractivity contribution in [3.8, 4) is 11.5 Å². The maximum atomic E-state index is 13.1. The summed E-state index contributed by atoms with van der Waals surface area (Å²) in [6.07, 6.45) is 5.64. The third-order valence-corrected chi connectivity index (χ3v) is 7.29. The highest BCUT2D eigenvalue weighted by Crippen LogP contribution is 2.31. The lowest BCUT2D eigenvalue weighted by molar-refractivity contribution is 0.169. The molecule has 0 saturated carbocycles. The van der Waals surface area contributed by atoms with Crippen LogP contribution in [-0.4, -0.2) is 70.1 Å². The second-order valence-electron chi connectivity index (χ2n) is 7.61. The zero-order valence-corrected chi connectivity index (χ0v) is 19.3. The number of unbranched alkanes of at least 4 members (excludes halogenated alkanes) is 3. The Bertz CT molecular complexity index is 792. The Morgan fingerprint density at radius 3 is 2.40 bits per heavy atom. The van der Waals surface area contributed by atoms with Gasteiger partial charge in [0.2, 0.25) is 10.0 Å². The summed E-state index contributed by atoms with van der Waals surface area (Å²) < 4.78 is 38.1. The van der Waals surface area contributed by atoms with E-state index in [0.29, 0.717) is 18.8 Å². The summed E-state index contributed by atoms with van der Waals surface area (Å²) in [6, 6.07) is 4.68. The molecule has 1 N–H and O–H groups in total. The Hall–Kier alpha value is -2.00. The standard InChI is InChI=1S/C21H35N3O5S/c1-5-6-7-8-9-17(2)22-21(25)23-12-14-24(15-13-23)30(26,27)20-16-18(28-3)10-11-19(20)29-4/h10-11,16-17H,5-9,12-15H2,1-4H3,(H,22,25). The van der Waals surface area contributed by atoms with Crippen molar-refractivity contribution in [3.05, 3.63) is 18.2 Å². The van der Waals surface area contributed by atoms with E-state index in [1.165, 1.54) is 43.9 Å². The molecule has 1 aromatic rings. The molecule has 0 aromatic heterocycles. The van der Waals surface area contributed by atoms with Crippen LogP contribution in [0.3, 0.4) is 0 Å². The van der Waals surface area contributed by atoms with Gasteiger partial charge in [-0.1, -0.05) is 32.6 Å². The molecular weight excluding hydrogens is 406 g/mol. The largest absolute Gasteiger partial charge is 0.497 e. The Labute approximate surface area is 180 Å². The van der Waals surface area contributed by atoms with Crippen molar-refractivity contribution in [2.45, 2.75) is 56.9 Å². The van der Waals surface area contributed by atoms with Gasteiger partial charge in [-0.2, -0.15) is 4.31 Å². The third-order valence-electron chi connectivity index (χ3n) is 5.38. The third kappa shape index (κ3) is 6.25. The van der Waals surface area contributed by atoms with Crippen molar-refractivity contribution in [2.24, 2.45) is 0 Å². The van der Waals surface area contributed by atoms with Gasteiger partial charge >= 0.3 is 6.03 Å². The van der Waals surface area contributed by atoms with E-state index in [1.54, 1.807) is 17.0 Å². The van der Waals surface area contributed by atoms with Crippen LogP contribution in [0.2, 0.25) is 0 Å². The first-order valence-electron chi connectivity index (χ1n) is 10.6. The number of hydrogen-bond donors (Lipinski definition) is 1. The number of ether oxygens (including phenoxy) is 2. The quantitative estimate of drug-likeness (QED) is 0.564. The number of urea groups is 1. The maximum absolute atomic E-state index is 13.1. The molecule has 30 heavy (non-hydrogen) atoms. The Balaban J connectivity index is 1.94. The molecular formula is C21H35N3O5S. The molecule has 0 bridgehead atoms. The summed E-state index contributed by atoms with van der Waals surface area (Å²) in [5, 5.41) is 3.03. The normalized spacial score (nSPS) is 16.2. The highest BCUT2D eigenvalue weighted by Gasteiger charge is 2.32. The lowest BCUT2D eigenvalue weighted by Crippen LogP contribution is -2.54. The zero-order valence-electron chi connectivity index (χ0n) is 18.5. The van der Waals surface area contributed by atoms with Gasteiger partial charge in [0.05, 0.1) is 14.2 Å². The summed E-state index contributed by atoms with van der Waals surface area (Å²) >= 11 is 0. The number of sulfonamides is 1. The molecule has 1 aliphatic heterocycles. The second-order valence-corrected chi connectivity index (χ2v) is 9.51. The van der Waals surface area contributed by atoms with Crippen molar-refractivity contribution in [2.75, 3.05) is 40.4 Å². The number of benzene rings is 1. The van der Waals surface area contributed by atoms with Crippen LogP contribution in [0.1, 0.15) is 46.0 Å². The first kappa shape index (κ1) is 24.3. The van der Waals surface area contributed by atoms with Crippen LogP contribution in [0, 0.1) is 0 Å². The van der Waals surface area contributed by atoms with Crippen molar-refractivity contribution >= 4 is 16.1 Å². The van der Waals surface area contributed by atoms with E-state index in [0.717, 1.165) is 12.8 Å². The lowest BCUT2D eigenvalue weighted by Gasteiger charge is -2.34. The van der Waals surface area contributed by atoms with E-state index in [2.05, 4.69) is 12.2 Å². The van der Waals surface area contributed by atoms with Gasteiger partial charge in [0.15, 0.2) is 0 Å². The van der Waals surface area contributed by atoms with Crippen molar-refractivity contribution in [1.82, 2.24) is 14.5 Å². The van der Waals surface area contributed by atoms with Gasteiger partial charge < -0.3 is 19.7 Å². The van der Waals surface area contributed by atoms with Crippen LogP contribution in [-0.2, 0) is 10.0 Å².